The number of nitrogens with zero attached hydrogens (tertiary/aromatic N) is 2. The molecule has 4 amide bonds. The second-order valence-electron chi connectivity index (χ2n) is 11.3. The van der Waals surface area contributed by atoms with Crippen LogP contribution in [0.1, 0.15) is 37.2 Å². The minimum Gasteiger partial charge on any atom is -0.508 e. The first-order valence-corrected chi connectivity index (χ1v) is 14.7. The van der Waals surface area contributed by atoms with E-state index < -0.39 is 68.8 Å². The molecule has 2 aromatic carbocycles. The maximum Gasteiger partial charge on any atom is 0.303 e. The minimum absolute atomic E-state index is 0.0392. The summed E-state index contributed by atoms with van der Waals surface area (Å²) in [4.78, 5) is 64.2. The molecule has 2 aliphatic heterocycles. The van der Waals surface area contributed by atoms with Gasteiger partial charge in [0.15, 0.2) is 9.75 Å². The lowest BCUT2D eigenvalue weighted by Crippen LogP contribution is -2.60. The molecule has 2 heterocycles. The normalized spacial score (nSPS) is 31.6. The summed E-state index contributed by atoms with van der Waals surface area (Å²) >= 11 is 21.1. The third-order valence-corrected chi connectivity index (χ3v) is 10.8. The number of amides is 4. The Morgan fingerprint density at radius 1 is 1.00 bits per heavy atom. The van der Waals surface area contributed by atoms with Crippen LogP contribution >= 0.6 is 34.8 Å². The monoisotopic (exact) mass is 648 g/mol. The lowest BCUT2D eigenvalue weighted by atomic mass is 9.56. The fourth-order valence-electron chi connectivity index (χ4n) is 7.17. The molecule has 0 unspecified atom stereocenters. The number of alkyl halides is 2. The van der Waals surface area contributed by atoms with Crippen molar-refractivity contribution in [3.63, 3.8) is 0 Å². The van der Waals surface area contributed by atoms with Crippen LogP contribution in [-0.4, -0.2) is 61.0 Å². The van der Waals surface area contributed by atoms with Gasteiger partial charge in [-0.25, -0.2) is 9.29 Å². The highest BCUT2D eigenvalue weighted by atomic mass is 35.5. The number of halogens is 4. The number of phenols is 1. The summed E-state index contributed by atoms with van der Waals surface area (Å²) in [5, 5.41) is 19.1. The first-order chi connectivity index (χ1) is 20.3. The summed E-state index contributed by atoms with van der Waals surface area (Å²) in [6.45, 7) is -0.0759. The van der Waals surface area contributed by atoms with E-state index in [0.29, 0.717) is 5.57 Å². The highest BCUT2D eigenvalue weighted by Crippen LogP contribution is 2.66. The smallest absolute Gasteiger partial charge is 0.303 e. The molecule has 9 nitrogen and oxygen atoms in total. The Morgan fingerprint density at radius 3 is 2.35 bits per heavy atom. The van der Waals surface area contributed by atoms with Gasteiger partial charge in [-0.1, -0.05) is 29.3 Å². The summed E-state index contributed by atoms with van der Waals surface area (Å²) in [6, 6.07) is 8.75. The maximum absolute atomic E-state index is 14.3. The van der Waals surface area contributed by atoms with Crippen molar-refractivity contribution in [1.29, 1.82) is 0 Å². The number of benzene rings is 2. The standard InChI is InChI=1S/C30H24Cl3FN2O7/c31-21-12-16(37)7-8-18(21)24-17-9-10-19-23(26(41)35(25(19)40)11-1-2-22(38)39)20(17)13-29(32)27(42)36(28(43)30(24,29)33)15-5-3-14(34)4-6-15/h3-9,12,19-20,23-24,37H,1-2,10-11,13H2,(H,38,39)/t19-,20+,23-,24+,29+,30-/m0/s1. The first kappa shape index (κ1) is 29.6. The van der Waals surface area contributed by atoms with E-state index in [0.717, 1.165) is 21.9 Å². The zero-order chi connectivity index (χ0) is 31.0. The number of likely N-dealkylation sites (tertiary alicyclic amines) is 1. The number of carbonyl (C=O) groups is 5. The molecule has 43 heavy (non-hydrogen) atoms. The van der Waals surface area contributed by atoms with Gasteiger partial charge in [0.1, 0.15) is 11.6 Å². The molecule has 3 fully saturated rings. The largest absolute Gasteiger partial charge is 0.508 e. The van der Waals surface area contributed by atoms with Crippen LogP contribution in [0.3, 0.4) is 0 Å². The van der Waals surface area contributed by atoms with Crippen molar-refractivity contribution < 1.29 is 38.6 Å². The number of allylic oxidation sites excluding steroid dienone is 2. The van der Waals surface area contributed by atoms with Gasteiger partial charge in [0, 0.05) is 23.9 Å². The van der Waals surface area contributed by atoms with E-state index in [1.807, 2.05) is 0 Å². The summed E-state index contributed by atoms with van der Waals surface area (Å²) in [5.41, 5.74) is 0.842. The van der Waals surface area contributed by atoms with Crippen molar-refractivity contribution in [2.45, 2.75) is 41.3 Å². The van der Waals surface area contributed by atoms with E-state index in [2.05, 4.69) is 0 Å². The van der Waals surface area contributed by atoms with Gasteiger partial charge in [0.25, 0.3) is 11.8 Å². The molecule has 13 heteroatoms. The molecule has 2 saturated heterocycles. The Kier molecular flexibility index (Phi) is 7.10. The van der Waals surface area contributed by atoms with Gasteiger partial charge in [0.2, 0.25) is 11.8 Å². The molecule has 0 spiro atoms. The molecule has 6 atom stereocenters. The van der Waals surface area contributed by atoms with Gasteiger partial charge in [0.05, 0.1) is 17.5 Å². The molecule has 2 N–H and O–H groups in total. The quantitative estimate of drug-likeness (QED) is 0.265. The summed E-state index contributed by atoms with van der Waals surface area (Å²) in [7, 11) is 0. The Bertz CT molecular complexity index is 1630. The van der Waals surface area contributed by atoms with Crippen LogP contribution in [0.25, 0.3) is 0 Å². The number of rotatable bonds is 6. The third kappa shape index (κ3) is 4.21. The molecule has 2 aliphatic carbocycles. The van der Waals surface area contributed by atoms with Crippen LogP contribution in [0.15, 0.2) is 54.1 Å². The van der Waals surface area contributed by atoms with Gasteiger partial charge >= 0.3 is 5.97 Å². The second kappa shape index (κ2) is 10.3. The number of aromatic hydroxyl groups is 1. The lowest BCUT2D eigenvalue weighted by Gasteiger charge is -2.50. The Labute approximate surface area is 259 Å². The Hall–Kier alpha value is -3.47. The van der Waals surface area contributed by atoms with Crippen molar-refractivity contribution in [1.82, 2.24) is 4.90 Å². The van der Waals surface area contributed by atoms with Gasteiger partial charge in [-0.05, 0) is 67.1 Å². The molecular weight excluding hydrogens is 626 g/mol. The molecule has 2 aromatic rings. The summed E-state index contributed by atoms with van der Waals surface area (Å²) in [5.74, 6) is -8.14. The molecule has 0 radical (unpaired) electrons. The van der Waals surface area contributed by atoms with E-state index in [1.54, 1.807) is 6.08 Å². The predicted molar refractivity (Wildman–Crippen MR) is 153 cm³/mol. The number of anilines is 1. The van der Waals surface area contributed by atoms with Gasteiger partial charge < -0.3 is 10.2 Å². The molecular formula is C30H24Cl3FN2O7. The number of imide groups is 2. The Balaban J connectivity index is 1.49. The SMILES string of the molecule is O=C(O)CCCN1C(=O)[C@H]2[C@H](CC=C3[C@H]2C[C@@]2(Cl)C(=O)N(c4ccc(F)cc4)C(=O)[C@@]2(Cl)[C@H]3c2ccc(O)cc2Cl)C1=O. The number of aliphatic carboxylic acids is 1. The number of hydrogen-bond acceptors (Lipinski definition) is 6. The van der Waals surface area contributed by atoms with Crippen molar-refractivity contribution >= 4 is 70.1 Å². The Morgan fingerprint density at radius 2 is 1.70 bits per heavy atom. The van der Waals surface area contributed by atoms with Gasteiger partial charge in [-0.3, -0.25) is 28.9 Å². The van der Waals surface area contributed by atoms with E-state index in [-0.39, 0.29) is 54.3 Å². The zero-order valence-electron chi connectivity index (χ0n) is 22.3. The number of fused-ring (bicyclic) bond motifs is 4. The first-order valence-electron chi connectivity index (χ1n) is 13.6. The molecule has 6 rings (SSSR count). The topological polar surface area (TPSA) is 132 Å². The summed E-state index contributed by atoms with van der Waals surface area (Å²) in [6.07, 6.45) is 1.46. The van der Waals surface area contributed by atoms with E-state index in [4.69, 9.17) is 39.9 Å². The van der Waals surface area contributed by atoms with Crippen molar-refractivity contribution in [3.8, 4) is 5.75 Å². The number of carboxylic acid groups (broad SMARTS) is 1. The van der Waals surface area contributed by atoms with Gasteiger partial charge in [-0.2, -0.15) is 0 Å². The van der Waals surface area contributed by atoms with E-state index in [9.17, 15) is 33.5 Å². The predicted octanol–water partition coefficient (Wildman–Crippen LogP) is 4.61. The highest BCUT2D eigenvalue weighted by molar-refractivity contribution is 6.58. The number of carbonyl (C=O) groups excluding carboxylic acids is 4. The summed E-state index contributed by atoms with van der Waals surface area (Å²) < 4.78 is 13.7. The number of phenolic OH excluding ortho intramolecular Hbond substituents is 1. The molecule has 0 aromatic heterocycles. The number of hydrogen-bond donors (Lipinski definition) is 2. The average molecular weight is 650 g/mol. The minimum atomic E-state index is -2.15. The van der Waals surface area contributed by atoms with Crippen molar-refractivity contribution in [3.05, 3.63) is 70.5 Å². The second-order valence-corrected chi connectivity index (χ2v) is 12.9. The van der Waals surface area contributed by atoms with Crippen LogP contribution in [0.2, 0.25) is 5.02 Å². The molecule has 4 aliphatic rings. The van der Waals surface area contributed by atoms with Crippen LogP contribution in [0.4, 0.5) is 10.1 Å². The number of carboxylic acids is 1. The van der Waals surface area contributed by atoms with Crippen LogP contribution in [0, 0.1) is 23.6 Å². The fraction of sp³-hybridized carbons (Fsp3) is 0.367. The van der Waals surface area contributed by atoms with Crippen LogP contribution in [-0.2, 0) is 24.0 Å². The highest BCUT2D eigenvalue weighted by Gasteiger charge is 2.76. The van der Waals surface area contributed by atoms with Gasteiger partial charge in [-0.15, -0.1) is 23.2 Å². The zero-order valence-corrected chi connectivity index (χ0v) is 24.6. The average Bonchev–Trinajstić information content (AvgIpc) is 3.28. The van der Waals surface area contributed by atoms with E-state index in [1.165, 1.54) is 30.3 Å². The lowest BCUT2D eigenvalue weighted by molar-refractivity contribution is -0.142. The molecule has 0 bridgehead atoms. The van der Waals surface area contributed by atoms with Crippen LogP contribution < -0.4 is 4.90 Å². The fourth-order valence-corrected chi connectivity index (χ4v) is 8.38. The van der Waals surface area contributed by atoms with Crippen molar-refractivity contribution in [2.75, 3.05) is 11.4 Å². The van der Waals surface area contributed by atoms with E-state index >= 15 is 0 Å². The molecule has 1 saturated carbocycles. The molecule has 224 valence electrons. The maximum atomic E-state index is 14.3. The van der Waals surface area contributed by atoms with Crippen LogP contribution in [0.5, 0.6) is 5.75 Å². The third-order valence-electron chi connectivity index (χ3n) is 9.05. The van der Waals surface area contributed by atoms with Crippen molar-refractivity contribution in [2.24, 2.45) is 17.8 Å².